The third-order valence-electron chi connectivity index (χ3n) is 5.57. The molecule has 1 heterocycles. The van der Waals surface area contributed by atoms with E-state index in [0.29, 0.717) is 10.8 Å². The van der Waals surface area contributed by atoms with Gasteiger partial charge in [0.25, 0.3) is 0 Å². The van der Waals surface area contributed by atoms with E-state index >= 15 is 0 Å². The summed E-state index contributed by atoms with van der Waals surface area (Å²) in [5.74, 6) is 6.25. The number of hydrogen-bond donors (Lipinski definition) is 0. The number of ether oxygens (including phenoxy) is 2. The van der Waals surface area contributed by atoms with E-state index in [1.165, 1.54) is 20.5 Å². The second kappa shape index (κ2) is 10.2. The van der Waals surface area contributed by atoms with Crippen LogP contribution in [0.5, 0.6) is 5.75 Å². The molecule has 4 aromatic rings. The van der Waals surface area contributed by atoms with Gasteiger partial charge in [-0.1, -0.05) is 41.6 Å². The summed E-state index contributed by atoms with van der Waals surface area (Å²) in [5, 5.41) is 4.26. The van der Waals surface area contributed by atoms with Crippen LogP contribution in [0.25, 0.3) is 15.0 Å². The van der Waals surface area contributed by atoms with Crippen molar-refractivity contribution in [3.63, 3.8) is 0 Å². The summed E-state index contributed by atoms with van der Waals surface area (Å²) < 4.78 is 12.8. The van der Waals surface area contributed by atoms with E-state index in [2.05, 4.69) is 60.5 Å². The summed E-state index contributed by atoms with van der Waals surface area (Å²) in [6, 6.07) is 20.1. The number of carbonyl (C=O) groups is 1. The van der Waals surface area contributed by atoms with Gasteiger partial charge in [-0.3, -0.25) is 0 Å². The molecule has 0 aliphatic carbocycles. The molecule has 0 radical (unpaired) electrons. The highest BCUT2D eigenvalue weighted by Crippen LogP contribution is 2.43. The molecule has 1 atom stereocenters. The number of aryl methyl sites for hydroxylation is 3. The highest BCUT2D eigenvalue weighted by atomic mass is 35.5. The van der Waals surface area contributed by atoms with Crippen molar-refractivity contribution in [1.82, 2.24) is 0 Å². The molecule has 0 amide bonds. The van der Waals surface area contributed by atoms with Gasteiger partial charge in [-0.15, -0.1) is 0 Å². The van der Waals surface area contributed by atoms with Crippen molar-refractivity contribution in [3.8, 4) is 22.5 Å². The fourth-order valence-electron chi connectivity index (χ4n) is 4.01. The van der Waals surface area contributed by atoms with E-state index in [9.17, 15) is 4.79 Å². The van der Waals surface area contributed by atoms with Crippen LogP contribution in [-0.4, -0.2) is 18.2 Å². The third-order valence-corrected chi connectivity index (χ3v) is 7.96. The Morgan fingerprint density at radius 3 is 2.40 bits per heavy atom. The molecular formula is C30H28ClO3S+. The Balaban J connectivity index is 1.46. The van der Waals surface area contributed by atoms with Crippen LogP contribution in [0.3, 0.4) is 0 Å². The lowest BCUT2D eigenvalue weighted by Crippen LogP contribution is -2.29. The minimum atomic E-state index is -0.960. The second-order valence-corrected chi connectivity index (χ2v) is 11.3. The number of thiophene rings is 1. The fraction of sp³-hybridized carbons (Fsp3) is 0.233. The molecule has 0 saturated carbocycles. The van der Waals surface area contributed by atoms with Gasteiger partial charge in [0.15, 0.2) is 21.8 Å². The van der Waals surface area contributed by atoms with Crippen LogP contribution in [0.2, 0.25) is 5.02 Å². The Bertz CT molecular complexity index is 1450. The molecule has 0 saturated heterocycles. The molecule has 1 unspecified atom stereocenters. The molecule has 1 aromatic heterocycles. The number of rotatable bonds is 5. The molecule has 0 aliphatic rings. The minimum Gasteiger partial charge on any atom is -0.481 e. The summed E-state index contributed by atoms with van der Waals surface area (Å²) in [6.07, 6.45) is 0. The maximum atomic E-state index is 12.5. The first-order chi connectivity index (χ1) is 16.6. The average molecular weight is 504 g/mol. The highest BCUT2D eigenvalue weighted by molar-refractivity contribution is 7.43. The molecule has 0 bridgehead atoms. The van der Waals surface area contributed by atoms with Gasteiger partial charge in [0.2, 0.25) is 0 Å². The normalized spacial score (nSPS) is 11.7. The van der Waals surface area contributed by atoms with E-state index in [-0.39, 0.29) is 17.1 Å². The van der Waals surface area contributed by atoms with Crippen molar-refractivity contribution < 1.29 is 14.3 Å². The maximum Gasteiger partial charge on any atom is 0.345 e. The van der Waals surface area contributed by atoms with Crippen LogP contribution < -0.4 is 4.74 Å². The lowest BCUT2D eigenvalue weighted by atomic mass is 10.1. The van der Waals surface area contributed by atoms with Crippen LogP contribution in [-0.2, 0) is 9.53 Å². The Kier molecular flexibility index (Phi) is 7.21. The number of halogens is 1. The first-order valence-electron chi connectivity index (χ1n) is 11.4. The van der Waals surface area contributed by atoms with Crippen molar-refractivity contribution in [2.75, 3.05) is 6.61 Å². The number of benzene rings is 3. The molecule has 3 aromatic carbocycles. The Morgan fingerprint density at radius 1 is 0.971 bits per heavy atom. The zero-order valence-corrected chi connectivity index (χ0v) is 22.1. The third kappa shape index (κ3) is 5.88. The van der Waals surface area contributed by atoms with Crippen LogP contribution in [0, 0.1) is 32.6 Å². The van der Waals surface area contributed by atoms with Crippen LogP contribution in [0.15, 0.2) is 66.0 Å². The Morgan fingerprint density at radius 2 is 1.69 bits per heavy atom. The average Bonchev–Trinajstić information content (AvgIpc) is 3.14. The first kappa shape index (κ1) is 24.9. The van der Waals surface area contributed by atoms with Gasteiger partial charge in [-0.2, -0.15) is 0 Å². The SMILES string of the molecule is Cc1cc(-[s+]2cc(C)c3ccccc32)cc(C)c1OCC(=O)OC(C)(C)C#Cc1cccc(Cl)c1. The predicted molar refractivity (Wildman–Crippen MR) is 146 cm³/mol. The molecule has 178 valence electrons. The topological polar surface area (TPSA) is 35.5 Å². The highest BCUT2D eigenvalue weighted by Gasteiger charge is 2.23. The van der Waals surface area contributed by atoms with Gasteiger partial charge in [-0.05, 0) is 76.1 Å². The van der Waals surface area contributed by atoms with Crippen LogP contribution >= 0.6 is 22.1 Å². The summed E-state index contributed by atoms with van der Waals surface area (Å²) in [4.78, 5) is 13.8. The smallest absolute Gasteiger partial charge is 0.345 e. The van der Waals surface area contributed by atoms with E-state index in [0.717, 1.165) is 16.7 Å². The molecule has 5 heteroatoms. The summed E-state index contributed by atoms with van der Waals surface area (Å²) >= 11 is 6.01. The van der Waals surface area contributed by atoms with E-state index < -0.39 is 11.6 Å². The maximum absolute atomic E-state index is 12.5. The van der Waals surface area contributed by atoms with Gasteiger partial charge < -0.3 is 9.47 Å². The van der Waals surface area contributed by atoms with Crippen molar-refractivity contribution in [3.05, 3.63) is 93.3 Å². The Labute approximate surface area is 214 Å². The zero-order valence-electron chi connectivity index (χ0n) is 20.6. The molecule has 35 heavy (non-hydrogen) atoms. The summed E-state index contributed by atoms with van der Waals surface area (Å²) in [6.45, 7) is 9.51. The number of carbonyl (C=O) groups excluding carboxylic acids is 1. The van der Waals surface area contributed by atoms with Crippen molar-refractivity contribution in [2.45, 2.75) is 40.2 Å². The molecule has 0 N–H and O–H groups in total. The monoisotopic (exact) mass is 503 g/mol. The largest absolute Gasteiger partial charge is 0.481 e. The Hall–Kier alpha value is -3.26. The second-order valence-electron chi connectivity index (χ2n) is 9.05. The quantitative estimate of drug-likeness (QED) is 0.158. The van der Waals surface area contributed by atoms with Gasteiger partial charge in [0, 0.05) is 44.1 Å². The molecule has 3 nitrogen and oxygen atoms in total. The van der Waals surface area contributed by atoms with Crippen LogP contribution in [0.4, 0.5) is 0 Å². The first-order valence-corrected chi connectivity index (χ1v) is 13.0. The number of hydrogen-bond acceptors (Lipinski definition) is 3. The van der Waals surface area contributed by atoms with E-state index in [1.807, 2.05) is 26.0 Å². The summed E-state index contributed by atoms with van der Waals surface area (Å²) in [7, 11) is -0.103. The summed E-state index contributed by atoms with van der Waals surface area (Å²) in [5.41, 5.74) is 3.10. The fourth-order valence-corrected chi connectivity index (χ4v) is 6.49. The van der Waals surface area contributed by atoms with Crippen molar-refractivity contribution >= 4 is 38.1 Å². The molecule has 4 rings (SSSR count). The van der Waals surface area contributed by atoms with E-state index in [1.54, 1.807) is 26.0 Å². The lowest BCUT2D eigenvalue weighted by molar-refractivity contribution is -0.154. The van der Waals surface area contributed by atoms with Gasteiger partial charge >= 0.3 is 5.97 Å². The van der Waals surface area contributed by atoms with Crippen molar-refractivity contribution in [2.24, 2.45) is 0 Å². The minimum absolute atomic E-state index is 0.103. The number of fused-ring (bicyclic) bond motifs is 1. The van der Waals surface area contributed by atoms with Crippen LogP contribution in [0.1, 0.15) is 36.1 Å². The van der Waals surface area contributed by atoms with Gasteiger partial charge in [0.1, 0.15) is 11.1 Å². The number of esters is 1. The predicted octanol–water partition coefficient (Wildman–Crippen LogP) is 7.91. The van der Waals surface area contributed by atoms with Gasteiger partial charge in [0.05, 0.1) is 0 Å². The molecule has 0 aliphatic heterocycles. The molecular weight excluding hydrogens is 476 g/mol. The standard InChI is InChI=1S/C30H28ClO3S/c1-20-15-25(35-19-22(3)26-11-6-7-12-27(26)35)16-21(2)29(20)33-18-28(32)34-30(4,5)14-13-23-9-8-10-24(31)17-23/h6-12,15-17,19H,18H2,1-5H3/q+1. The lowest BCUT2D eigenvalue weighted by Gasteiger charge is -2.19. The van der Waals surface area contributed by atoms with E-state index in [4.69, 9.17) is 21.1 Å². The van der Waals surface area contributed by atoms with Gasteiger partial charge in [-0.25, -0.2) is 4.79 Å². The molecule has 0 spiro atoms. The van der Waals surface area contributed by atoms with Crippen molar-refractivity contribution in [1.29, 1.82) is 0 Å². The molecule has 0 fully saturated rings. The zero-order chi connectivity index (χ0) is 25.2.